The fourth-order valence-electron chi connectivity index (χ4n) is 3.20. The molecule has 0 aliphatic rings. The van der Waals surface area contributed by atoms with Crippen molar-refractivity contribution < 1.29 is 14.3 Å². The number of rotatable bonds is 9. The molecule has 0 radical (unpaired) electrons. The van der Waals surface area contributed by atoms with Crippen LogP contribution < -0.4 is 14.8 Å². The van der Waals surface area contributed by atoms with Crippen molar-refractivity contribution in [3.8, 4) is 17.6 Å². The summed E-state index contributed by atoms with van der Waals surface area (Å²) in [6, 6.07) is 22.1. The van der Waals surface area contributed by atoms with E-state index in [9.17, 15) is 10.1 Å². The van der Waals surface area contributed by atoms with Crippen LogP contribution in [0.25, 0.3) is 6.08 Å². The number of anilines is 1. The topological polar surface area (TPSA) is 71.4 Å². The van der Waals surface area contributed by atoms with Crippen LogP contribution in [0.3, 0.4) is 0 Å². The summed E-state index contributed by atoms with van der Waals surface area (Å²) < 4.78 is 11.6. The minimum Gasteiger partial charge on any atom is -0.493 e. The molecule has 1 N–H and O–H groups in total. The van der Waals surface area contributed by atoms with Gasteiger partial charge in [-0.05, 0) is 54.0 Å². The van der Waals surface area contributed by atoms with Crippen LogP contribution in [0.4, 0.5) is 5.69 Å². The van der Waals surface area contributed by atoms with Gasteiger partial charge in [0.05, 0.1) is 7.11 Å². The van der Waals surface area contributed by atoms with Crippen molar-refractivity contribution in [2.24, 2.45) is 0 Å². The van der Waals surface area contributed by atoms with Crippen molar-refractivity contribution in [2.45, 2.75) is 13.0 Å². The van der Waals surface area contributed by atoms with E-state index in [0.717, 1.165) is 11.1 Å². The maximum atomic E-state index is 12.6. The third-order valence-corrected chi connectivity index (χ3v) is 4.96. The second kappa shape index (κ2) is 11.6. The molecule has 0 fully saturated rings. The van der Waals surface area contributed by atoms with Crippen molar-refractivity contribution in [2.75, 3.05) is 12.4 Å². The molecule has 1 amide bonds. The minimum atomic E-state index is -0.534. The lowest BCUT2D eigenvalue weighted by Crippen LogP contribution is -2.13. The molecule has 33 heavy (non-hydrogen) atoms. The number of hydrogen-bond acceptors (Lipinski definition) is 4. The number of benzene rings is 3. The number of hydrogen-bond donors (Lipinski definition) is 1. The quantitative estimate of drug-likeness (QED) is 0.235. The highest BCUT2D eigenvalue weighted by Gasteiger charge is 2.15. The van der Waals surface area contributed by atoms with Crippen molar-refractivity contribution in [3.63, 3.8) is 0 Å². The largest absolute Gasteiger partial charge is 0.493 e. The number of carbonyl (C=O) groups excluding carboxylic acids is 1. The number of allylic oxidation sites excluding steroid dienone is 1. The number of nitrogens with zero attached hydrogens (tertiary/aromatic N) is 1. The monoisotopic (exact) mass is 458 g/mol. The van der Waals surface area contributed by atoms with Gasteiger partial charge in [0.1, 0.15) is 18.2 Å². The fourth-order valence-corrected chi connectivity index (χ4v) is 3.39. The number of halogens is 1. The summed E-state index contributed by atoms with van der Waals surface area (Å²) in [5.41, 5.74) is 2.94. The van der Waals surface area contributed by atoms with Gasteiger partial charge in [0, 0.05) is 16.3 Å². The van der Waals surface area contributed by atoms with Crippen LogP contribution in [0, 0.1) is 11.3 Å². The van der Waals surface area contributed by atoms with Gasteiger partial charge < -0.3 is 14.8 Å². The summed E-state index contributed by atoms with van der Waals surface area (Å²) in [5.74, 6) is 0.567. The molecule has 0 aromatic heterocycles. The molecule has 0 spiro atoms. The Bertz CT molecular complexity index is 1210. The predicted molar refractivity (Wildman–Crippen MR) is 131 cm³/mol. The number of ether oxygens (including phenoxy) is 2. The normalized spacial score (nSPS) is 10.8. The van der Waals surface area contributed by atoms with Crippen molar-refractivity contribution in [1.29, 1.82) is 5.26 Å². The molecule has 0 aliphatic heterocycles. The molecule has 0 unspecified atom stereocenters. The number of nitrogens with one attached hydrogen (secondary N) is 1. The van der Waals surface area contributed by atoms with Crippen LogP contribution in [-0.2, 0) is 17.8 Å². The predicted octanol–water partition coefficient (Wildman–Crippen LogP) is 6.20. The zero-order valence-electron chi connectivity index (χ0n) is 18.2. The van der Waals surface area contributed by atoms with E-state index in [1.165, 1.54) is 6.08 Å². The number of methoxy groups -OCH3 is 1. The van der Waals surface area contributed by atoms with Crippen LogP contribution in [0.5, 0.6) is 11.5 Å². The Hall–Kier alpha value is -4.01. The Morgan fingerprint density at radius 3 is 2.61 bits per heavy atom. The summed E-state index contributed by atoms with van der Waals surface area (Å²) in [7, 11) is 1.55. The van der Waals surface area contributed by atoms with Gasteiger partial charge in [0.25, 0.3) is 5.91 Å². The lowest BCUT2D eigenvalue weighted by atomic mass is 10.0. The fraction of sp³-hybridized carbons (Fsp3) is 0.111. The van der Waals surface area contributed by atoms with Crippen molar-refractivity contribution >= 4 is 29.3 Å². The average molecular weight is 459 g/mol. The van der Waals surface area contributed by atoms with Crippen LogP contribution in [0.1, 0.15) is 16.7 Å². The van der Waals surface area contributed by atoms with E-state index < -0.39 is 5.91 Å². The summed E-state index contributed by atoms with van der Waals surface area (Å²) >= 11 is 5.97. The number of carbonyl (C=O) groups is 1. The Morgan fingerprint density at radius 2 is 1.94 bits per heavy atom. The Balaban J connectivity index is 1.90. The summed E-state index contributed by atoms with van der Waals surface area (Å²) in [6.45, 7) is 4.20. The average Bonchev–Trinajstić information content (AvgIpc) is 2.82. The SMILES string of the molecule is C=CCc1cc(/C=C(\C#N)C(=O)Nc2cccc(Cl)c2)cc(OC)c1OCc1ccccc1. The van der Waals surface area contributed by atoms with Gasteiger partial charge in [-0.3, -0.25) is 4.79 Å². The molecule has 0 bridgehead atoms. The molecule has 6 heteroatoms. The molecule has 3 rings (SSSR count). The number of amides is 1. The van der Waals surface area contributed by atoms with Gasteiger partial charge >= 0.3 is 0 Å². The lowest BCUT2D eigenvalue weighted by molar-refractivity contribution is -0.112. The summed E-state index contributed by atoms with van der Waals surface area (Å²) in [5, 5.41) is 12.7. The summed E-state index contributed by atoms with van der Waals surface area (Å²) in [6.07, 6.45) is 3.80. The highest BCUT2D eigenvalue weighted by atomic mass is 35.5. The molecular formula is C27H23ClN2O3. The van der Waals surface area contributed by atoms with E-state index in [2.05, 4.69) is 11.9 Å². The molecule has 166 valence electrons. The second-order valence-electron chi connectivity index (χ2n) is 7.11. The Morgan fingerprint density at radius 1 is 1.15 bits per heavy atom. The first-order chi connectivity index (χ1) is 16.0. The van der Waals surface area contributed by atoms with Gasteiger partial charge in [-0.1, -0.05) is 54.1 Å². The highest BCUT2D eigenvalue weighted by Crippen LogP contribution is 2.35. The van der Waals surface area contributed by atoms with Gasteiger partial charge in [-0.2, -0.15) is 5.26 Å². The second-order valence-corrected chi connectivity index (χ2v) is 7.55. The highest BCUT2D eigenvalue weighted by molar-refractivity contribution is 6.31. The van der Waals surface area contributed by atoms with E-state index in [0.29, 0.717) is 40.8 Å². The number of nitriles is 1. The van der Waals surface area contributed by atoms with Crippen LogP contribution in [0.2, 0.25) is 5.02 Å². The molecule has 3 aromatic rings. The molecule has 5 nitrogen and oxygen atoms in total. The van der Waals surface area contributed by atoms with Gasteiger partial charge in [0.15, 0.2) is 11.5 Å². The zero-order chi connectivity index (χ0) is 23.6. The van der Waals surface area contributed by atoms with E-state index in [1.54, 1.807) is 43.5 Å². The van der Waals surface area contributed by atoms with Gasteiger partial charge in [-0.15, -0.1) is 6.58 Å². The standard InChI is InChI=1S/C27H23ClN2O3/c1-3-8-21-13-20(14-22(17-29)27(31)30-24-12-7-11-23(28)16-24)15-25(32-2)26(21)33-18-19-9-5-4-6-10-19/h3-7,9-16H,1,8,18H2,2H3,(H,30,31)/b22-14+. The molecule has 0 saturated heterocycles. The first kappa shape index (κ1) is 23.6. The molecule has 0 atom stereocenters. The van der Waals surface area contributed by atoms with E-state index >= 15 is 0 Å². The first-order valence-corrected chi connectivity index (χ1v) is 10.6. The maximum Gasteiger partial charge on any atom is 0.266 e. The van der Waals surface area contributed by atoms with E-state index in [-0.39, 0.29) is 5.57 Å². The van der Waals surface area contributed by atoms with E-state index in [4.69, 9.17) is 21.1 Å². The van der Waals surface area contributed by atoms with Crippen molar-refractivity contribution in [1.82, 2.24) is 0 Å². The minimum absolute atomic E-state index is 0.0560. The van der Waals surface area contributed by atoms with Gasteiger partial charge in [-0.25, -0.2) is 0 Å². The van der Waals surface area contributed by atoms with Crippen LogP contribution >= 0.6 is 11.6 Å². The van der Waals surface area contributed by atoms with Gasteiger partial charge in [0.2, 0.25) is 0 Å². The molecular weight excluding hydrogens is 436 g/mol. The van der Waals surface area contributed by atoms with Crippen molar-refractivity contribution in [3.05, 3.63) is 107 Å². The molecule has 3 aromatic carbocycles. The first-order valence-electron chi connectivity index (χ1n) is 10.2. The third-order valence-electron chi connectivity index (χ3n) is 4.72. The zero-order valence-corrected chi connectivity index (χ0v) is 18.9. The Labute approximate surface area is 198 Å². The molecule has 0 aliphatic carbocycles. The molecule has 0 saturated carbocycles. The van der Waals surface area contributed by atoms with E-state index in [1.807, 2.05) is 42.5 Å². The molecule has 0 heterocycles. The van der Waals surface area contributed by atoms with Crippen LogP contribution in [0.15, 0.2) is 85.0 Å². The Kier molecular flexibility index (Phi) is 8.29. The lowest BCUT2D eigenvalue weighted by Gasteiger charge is -2.16. The summed E-state index contributed by atoms with van der Waals surface area (Å²) in [4.78, 5) is 12.6. The third kappa shape index (κ3) is 6.49. The maximum absolute atomic E-state index is 12.6. The smallest absolute Gasteiger partial charge is 0.266 e. The van der Waals surface area contributed by atoms with Crippen LogP contribution in [-0.4, -0.2) is 13.0 Å².